The first kappa shape index (κ1) is 16.0. The van der Waals surface area contributed by atoms with Crippen LogP contribution >= 0.6 is 0 Å². The number of aryl methyl sites for hydroxylation is 3. The number of rotatable bonds is 3. The van der Waals surface area contributed by atoms with E-state index < -0.39 is 0 Å². The number of aromatic nitrogens is 3. The molecule has 2 aromatic heterocycles. The Hall–Kier alpha value is -2.89. The summed E-state index contributed by atoms with van der Waals surface area (Å²) in [5.41, 5.74) is 3.30. The summed E-state index contributed by atoms with van der Waals surface area (Å²) in [6, 6.07) is 7.98. The van der Waals surface area contributed by atoms with Gasteiger partial charge in [-0.15, -0.1) is 0 Å². The zero-order chi connectivity index (χ0) is 17.4. The van der Waals surface area contributed by atoms with Crippen molar-refractivity contribution in [2.45, 2.75) is 20.3 Å². The molecule has 0 radical (unpaired) electrons. The Morgan fingerprint density at radius 3 is 2.54 bits per heavy atom. The van der Waals surface area contributed by atoms with Crippen molar-refractivity contribution in [3.05, 3.63) is 62.4 Å². The molecule has 6 heteroatoms. The van der Waals surface area contributed by atoms with Gasteiger partial charge in [-0.2, -0.15) is 0 Å². The highest BCUT2D eigenvalue weighted by Gasteiger charge is 2.16. The van der Waals surface area contributed by atoms with E-state index in [2.05, 4.69) is 23.3 Å². The van der Waals surface area contributed by atoms with Crippen LogP contribution in [0.2, 0.25) is 0 Å². The van der Waals surface area contributed by atoms with Gasteiger partial charge in [0.2, 0.25) is 0 Å². The molecule has 0 fully saturated rings. The van der Waals surface area contributed by atoms with Gasteiger partial charge in [0, 0.05) is 26.0 Å². The van der Waals surface area contributed by atoms with Crippen molar-refractivity contribution in [2.75, 3.05) is 5.32 Å². The second kappa shape index (κ2) is 5.96. The molecule has 0 aliphatic heterocycles. The van der Waals surface area contributed by atoms with Crippen LogP contribution in [0.1, 0.15) is 18.1 Å². The van der Waals surface area contributed by atoms with E-state index in [1.807, 2.05) is 25.1 Å². The van der Waals surface area contributed by atoms with Crippen molar-refractivity contribution in [1.29, 1.82) is 0 Å². The molecule has 0 atom stereocenters. The number of para-hydroxylation sites is 1. The molecule has 0 spiro atoms. The second-order valence-corrected chi connectivity index (χ2v) is 5.86. The predicted octanol–water partition coefficient (Wildman–Crippen LogP) is 2.25. The standard InChI is InChI=1S/C18H20N4O2/c1-5-12-8-6-7-9-13(12)20-15-11(2)10-19-16-14(15)17(23)22(4)18(24)21(16)3/h6-10H,5H2,1-4H3,(H,19,20). The monoisotopic (exact) mass is 324 g/mol. The van der Waals surface area contributed by atoms with Crippen LogP contribution in [0.5, 0.6) is 0 Å². The number of benzene rings is 1. The second-order valence-electron chi connectivity index (χ2n) is 5.86. The third-order valence-electron chi connectivity index (χ3n) is 4.32. The van der Waals surface area contributed by atoms with Crippen LogP contribution in [-0.2, 0) is 20.5 Å². The van der Waals surface area contributed by atoms with Crippen LogP contribution in [0.25, 0.3) is 11.0 Å². The first-order valence-electron chi connectivity index (χ1n) is 7.86. The molecule has 1 aromatic carbocycles. The molecule has 0 amide bonds. The van der Waals surface area contributed by atoms with Gasteiger partial charge in [-0.3, -0.25) is 13.9 Å². The van der Waals surface area contributed by atoms with Gasteiger partial charge in [0.1, 0.15) is 5.39 Å². The van der Waals surface area contributed by atoms with Gasteiger partial charge in [-0.05, 0) is 30.5 Å². The molecule has 0 unspecified atom stereocenters. The van der Waals surface area contributed by atoms with E-state index >= 15 is 0 Å². The summed E-state index contributed by atoms with van der Waals surface area (Å²) in [7, 11) is 3.10. The Labute approximate surface area is 139 Å². The maximum absolute atomic E-state index is 12.7. The summed E-state index contributed by atoms with van der Waals surface area (Å²) in [6.07, 6.45) is 2.56. The van der Waals surface area contributed by atoms with E-state index in [4.69, 9.17) is 0 Å². The highest BCUT2D eigenvalue weighted by Crippen LogP contribution is 2.27. The summed E-state index contributed by atoms with van der Waals surface area (Å²) < 4.78 is 2.51. The van der Waals surface area contributed by atoms with Crippen molar-refractivity contribution in [3.63, 3.8) is 0 Å². The number of fused-ring (bicyclic) bond motifs is 1. The minimum absolute atomic E-state index is 0.347. The van der Waals surface area contributed by atoms with Crippen LogP contribution in [0.3, 0.4) is 0 Å². The molecule has 0 saturated carbocycles. The van der Waals surface area contributed by atoms with Crippen LogP contribution in [0, 0.1) is 6.92 Å². The Bertz CT molecular complexity index is 1050. The maximum Gasteiger partial charge on any atom is 0.332 e. The molecular formula is C18H20N4O2. The minimum atomic E-state index is -0.385. The molecule has 0 aliphatic rings. The lowest BCUT2D eigenvalue weighted by molar-refractivity contribution is 0.707. The molecule has 3 rings (SSSR count). The summed E-state index contributed by atoms with van der Waals surface area (Å²) in [6.45, 7) is 3.98. The molecule has 0 saturated heterocycles. The van der Waals surface area contributed by atoms with Crippen molar-refractivity contribution in [1.82, 2.24) is 14.1 Å². The van der Waals surface area contributed by atoms with Gasteiger partial charge < -0.3 is 5.32 Å². The zero-order valence-corrected chi connectivity index (χ0v) is 14.3. The van der Waals surface area contributed by atoms with E-state index in [1.165, 1.54) is 11.6 Å². The lowest BCUT2D eigenvalue weighted by atomic mass is 10.1. The van der Waals surface area contributed by atoms with Gasteiger partial charge in [0.05, 0.1) is 5.69 Å². The number of hydrogen-bond donors (Lipinski definition) is 1. The van der Waals surface area contributed by atoms with Gasteiger partial charge in [0.25, 0.3) is 5.56 Å². The van der Waals surface area contributed by atoms with E-state index in [0.29, 0.717) is 16.7 Å². The molecular weight excluding hydrogens is 304 g/mol. The Kier molecular flexibility index (Phi) is 3.97. The number of pyridine rings is 1. The first-order valence-corrected chi connectivity index (χ1v) is 7.86. The van der Waals surface area contributed by atoms with Crippen LogP contribution < -0.4 is 16.6 Å². The molecule has 24 heavy (non-hydrogen) atoms. The number of nitrogens with zero attached hydrogens (tertiary/aromatic N) is 3. The zero-order valence-electron chi connectivity index (χ0n) is 14.3. The van der Waals surface area contributed by atoms with Gasteiger partial charge in [0.15, 0.2) is 5.65 Å². The fourth-order valence-electron chi connectivity index (χ4n) is 2.87. The summed E-state index contributed by atoms with van der Waals surface area (Å²) >= 11 is 0. The SMILES string of the molecule is CCc1ccccc1Nc1c(C)cnc2c1c(=O)n(C)c(=O)n2C. The normalized spacial score (nSPS) is 11.0. The number of anilines is 2. The van der Waals surface area contributed by atoms with Crippen LogP contribution in [0.15, 0.2) is 40.1 Å². The number of nitrogens with one attached hydrogen (secondary N) is 1. The average Bonchev–Trinajstić information content (AvgIpc) is 2.60. The third kappa shape index (κ3) is 2.40. The summed E-state index contributed by atoms with van der Waals surface area (Å²) in [4.78, 5) is 29.1. The van der Waals surface area contributed by atoms with Crippen molar-refractivity contribution < 1.29 is 0 Å². The van der Waals surface area contributed by atoms with E-state index in [-0.39, 0.29) is 11.2 Å². The summed E-state index contributed by atoms with van der Waals surface area (Å²) in [5.74, 6) is 0. The molecule has 124 valence electrons. The fraction of sp³-hybridized carbons (Fsp3) is 0.278. The van der Waals surface area contributed by atoms with E-state index in [1.54, 1.807) is 13.2 Å². The van der Waals surface area contributed by atoms with Crippen molar-refractivity contribution >= 4 is 22.4 Å². The fourth-order valence-corrected chi connectivity index (χ4v) is 2.87. The van der Waals surface area contributed by atoms with Crippen LogP contribution in [0.4, 0.5) is 11.4 Å². The highest BCUT2D eigenvalue weighted by atomic mass is 16.2. The third-order valence-corrected chi connectivity index (χ3v) is 4.32. The largest absolute Gasteiger partial charge is 0.354 e. The molecule has 6 nitrogen and oxygen atoms in total. The Morgan fingerprint density at radius 1 is 1.12 bits per heavy atom. The molecule has 1 N–H and O–H groups in total. The maximum atomic E-state index is 12.7. The van der Waals surface area contributed by atoms with Gasteiger partial charge in [-0.25, -0.2) is 9.78 Å². The lowest BCUT2D eigenvalue weighted by Crippen LogP contribution is -2.37. The lowest BCUT2D eigenvalue weighted by Gasteiger charge is -2.16. The smallest absolute Gasteiger partial charge is 0.332 e. The first-order chi connectivity index (χ1) is 11.5. The van der Waals surface area contributed by atoms with Crippen molar-refractivity contribution in [2.24, 2.45) is 14.1 Å². The van der Waals surface area contributed by atoms with Crippen molar-refractivity contribution in [3.8, 4) is 0 Å². The topological polar surface area (TPSA) is 68.9 Å². The Balaban J connectivity index is 2.34. The average molecular weight is 324 g/mol. The quantitative estimate of drug-likeness (QED) is 0.802. The Morgan fingerprint density at radius 2 is 1.83 bits per heavy atom. The van der Waals surface area contributed by atoms with Gasteiger partial charge >= 0.3 is 5.69 Å². The highest BCUT2D eigenvalue weighted by molar-refractivity contribution is 5.92. The predicted molar refractivity (Wildman–Crippen MR) is 96.1 cm³/mol. The van der Waals surface area contributed by atoms with Crippen LogP contribution in [-0.4, -0.2) is 14.1 Å². The molecule has 2 heterocycles. The minimum Gasteiger partial charge on any atom is -0.354 e. The molecule has 3 aromatic rings. The van der Waals surface area contributed by atoms with E-state index in [0.717, 1.165) is 27.8 Å². The molecule has 0 aliphatic carbocycles. The molecule has 0 bridgehead atoms. The number of hydrogen-bond acceptors (Lipinski definition) is 4. The van der Waals surface area contributed by atoms with E-state index in [9.17, 15) is 9.59 Å². The summed E-state index contributed by atoms with van der Waals surface area (Å²) in [5, 5.41) is 3.80. The van der Waals surface area contributed by atoms with Gasteiger partial charge in [-0.1, -0.05) is 25.1 Å².